The molecule has 0 aliphatic heterocycles. The van der Waals surface area contributed by atoms with E-state index in [2.05, 4.69) is 23.9 Å². The fraction of sp³-hybridized carbons (Fsp3) is 0.733. The van der Waals surface area contributed by atoms with E-state index in [1.165, 1.54) is 0 Å². The maximum atomic E-state index is 12.6. The Balaban J connectivity index is 2.15. The molecule has 2 rings (SSSR count). The average molecular weight is 331 g/mol. The lowest BCUT2D eigenvalue weighted by Gasteiger charge is -2.20. The van der Waals surface area contributed by atoms with E-state index in [4.69, 9.17) is 0 Å². The van der Waals surface area contributed by atoms with Crippen LogP contribution in [0, 0.1) is 18.8 Å². The normalized spacial score (nSPS) is 26.4. The van der Waals surface area contributed by atoms with Crippen LogP contribution in [0.2, 0.25) is 0 Å². The molecule has 4 nitrogen and oxygen atoms in total. The first-order valence-electron chi connectivity index (χ1n) is 7.65. The highest BCUT2D eigenvalue weighted by Crippen LogP contribution is 2.35. The maximum Gasteiger partial charge on any atom is 0.241 e. The van der Waals surface area contributed by atoms with E-state index in [0.29, 0.717) is 23.3 Å². The van der Waals surface area contributed by atoms with E-state index >= 15 is 0 Å². The molecule has 1 heterocycles. The van der Waals surface area contributed by atoms with Gasteiger partial charge in [-0.15, -0.1) is 11.3 Å². The van der Waals surface area contributed by atoms with Crippen molar-refractivity contribution in [2.45, 2.75) is 57.5 Å². The predicted molar refractivity (Wildman–Crippen MR) is 88.1 cm³/mol. The van der Waals surface area contributed by atoms with Gasteiger partial charge in [0.05, 0.1) is 4.90 Å². The van der Waals surface area contributed by atoms with Crippen molar-refractivity contribution in [2.75, 3.05) is 7.05 Å². The Morgan fingerprint density at radius 2 is 2.10 bits per heavy atom. The highest BCUT2D eigenvalue weighted by molar-refractivity contribution is 7.89. The van der Waals surface area contributed by atoms with Gasteiger partial charge in [-0.2, -0.15) is 0 Å². The number of hydrogen-bond donors (Lipinski definition) is 2. The van der Waals surface area contributed by atoms with Gasteiger partial charge < -0.3 is 5.32 Å². The van der Waals surface area contributed by atoms with E-state index in [1.54, 1.807) is 17.4 Å². The third-order valence-corrected chi connectivity index (χ3v) is 7.42. The number of aryl methyl sites for hydroxylation is 1. The van der Waals surface area contributed by atoms with Crippen LogP contribution in [0.5, 0.6) is 0 Å². The van der Waals surface area contributed by atoms with Crippen LogP contribution in [0.25, 0.3) is 0 Å². The van der Waals surface area contributed by atoms with Crippen LogP contribution in [0.3, 0.4) is 0 Å². The van der Waals surface area contributed by atoms with Gasteiger partial charge in [-0.25, -0.2) is 13.1 Å². The first-order chi connectivity index (χ1) is 9.89. The van der Waals surface area contributed by atoms with Crippen LogP contribution >= 0.6 is 11.3 Å². The molecule has 1 aliphatic rings. The third-order valence-electron chi connectivity index (χ3n) is 4.62. The molecule has 3 unspecified atom stereocenters. The molecule has 2 N–H and O–H groups in total. The van der Waals surface area contributed by atoms with Crippen molar-refractivity contribution in [3.05, 3.63) is 15.8 Å². The van der Waals surface area contributed by atoms with Crippen molar-refractivity contribution in [1.82, 2.24) is 10.0 Å². The third kappa shape index (κ3) is 3.67. The minimum Gasteiger partial charge on any atom is -0.315 e. The fourth-order valence-electron chi connectivity index (χ4n) is 3.31. The van der Waals surface area contributed by atoms with Crippen LogP contribution in [-0.4, -0.2) is 21.5 Å². The summed E-state index contributed by atoms with van der Waals surface area (Å²) < 4.78 is 28.2. The highest BCUT2D eigenvalue weighted by Gasteiger charge is 2.35. The molecule has 1 aromatic rings. The summed E-state index contributed by atoms with van der Waals surface area (Å²) in [6.45, 7) is 6.94. The van der Waals surface area contributed by atoms with Crippen molar-refractivity contribution in [2.24, 2.45) is 11.8 Å². The minimum absolute atomic E-state index is 0.0759. The summed E-state index contributed by atoms with van der Waals surface area (Å²) in [4.78, 5) is 2.37. The SMILES string of the molecule is CCC1CCC(NS(=O)(=O)c2cc(CNC)sc2C)C1C. The number of nitrogens with one attached hydrogen (secondary N) is 2. The molecule has 6 heteroatoms. The van der Waals surface area contributed by atoms with Gasteiger partial charge in [0.2, 0.25) is 10.0 Å². The van der Waals surface area contributed by atoms with Gasteiger partial charge in [0.25, 0.3) is 0 Å². The molecule has 0 radical (unpaired) electrons. The lowest BCUT2D eigenvalue weighted by Crippen LogP contribution is -2.37. The zero-order valence-corrected chi connectivity index (χ0v) is 14.9. The van der Waals surface area contributed by atoms with Crippen molar-refractivity contribution in [3.63, 3.8) is 0 Å². The maximum absolute atomic E-state index is 12.6. The summed E-state index contributed by atoms with van der Waals surface area (Å²) in [5, 5.41) is 3.06. The standard InChI is InChI=1S/C15H26N2O2S2/c1-5-12-6-7-14(10(12)2)17-21(18,19)15-8-13(9-16-4)20-11(15)3/h8,10,12,14,16-17H,5-7,9H2,1-4H3. The molecule has 0 bridgehead atoms. The Bertz CT molecular complexity index is 580. The second-order valence-corrected chi connectivity index (χ2v) is 9.02. The Hall–Kier alpha value is -0.430. The Kier molecular flexibility index (Phi) is 5.46. The molecule has 0 aromatic carbocycles. The molecule has 0 spiro atoms. The van der Waals surface area contributed by atoms with Crippen LogP contribution in [-0.2, 0) is 16.6 Å². The summed E-state index contributed by atoms with van der Waals surface area (Å²) in [6, 6.07) is 1.88. The fourth-order valence-corrected chi connectivity index (χ4v) is 6.31. The number of rotatable bonds is 6. The quantitative estimate of drug-likeness (QED) is 0.843. The second-order valence-electron chi connectivity index (χ2n) is 6.00. The lowest BCUT2D eigenvalue weighted by atomic mass is 9.94. The summed E-state index contributed by atoms with van der Waals surface area (Å²) in [7, 11) is -1.54. The topological polar surface area (TPSA) is 58.2 Å². The molecule has 1 saturated carbocycles. The molecule has 1 fully saturated rings. The smallest absolute Gasteiger partial charge is 0.241 e. The average Bonchev–Trinajstić information content (AvgIpc) is 2.95. The van der Waals surface area contributed by atoms with E-state index in [-0.39, 0.29) is 6.04 Å². The molecule has 1 aromatic heterocycles. The molecule has 3 atom stereocenters. The van der Waals surface area contributed by atoms with Gasteiger partial charge in [-0.3, -0.25) is 0 Å². The van der Waals surface area contributed by atoms with E-state index in [1.807, 2.05) is 14.0 Å². The van der Waals surface area contributed by atoms with Gasteiger partial charge in [-0.1, -0.05) is 20.3 Å². The van der Waals surface area contributed by atoms with Crippen molar-refractivity contribution >= 4 is 21.4 Å². The van der Waals surface area contributed by atoms with Gasteiger partial charge in [0.1, 0.15) is 0 Å². The Morgan fingerprint density at radius 1 is 1.38 bits per heavy atom. The van der Waals surface area contributed by atoms with Crippen molar-refractivity contribution < 1.29 is 8.42 Å². The predicted octanol–water partition coefficient (Wildman–Crippen LogP) is 2.88. The Morgan fingerprint density at radius 3 is 2.67 bits per heavy atom. The molecular weight excluding hydrogens is 304 g/mol. The zero-order valence-electron chi connectivity index (χ0n) is 13.3. The Labute approximate surface area is 132 Å². The second kappa shape index (κ2) is 6.77. The monoisotopic (exact) mass is 330 g/mol. The van der Waals surface area contributed by atoms with E-state index in [9.17, 15) is 8.42 Å². The summed E-state index contributed by atoms with van der Waals surface area (Å²) in [5.74, 6) is 1.06. The van der Waals surface area contributed by atoms with Crippen LogP contribution < -0.4 is 10.0 Å². The van der Waals surface area contributed by atoms with Gasteiger partial charge in [-0.05, 0) is 44.7 Å². The van der Waals surface area contributed by atoms with E-state index in [0.717, 1.165) is 29.0 Å². The number of thiophene rings is 1. The summed E-state index contributed by atoms with van der Waals surface area (Å²) in [5.41, 5.74) is 0. The van der Waals surface area contributed by atoms with E-state index < -0.39 is 10.0 Å². The van der Waals surface area contributed by atoms with Crippen LogP contribution in [0.15, 0.2) is 11.0 Å². The van der Waals surface area contributed by atoms with Crippen molar-refractivity contribution in [1.29, 1.82) is 0 Å². The van der Waals surface area contributed by atoms with Gasteiger partial charge in [0.15, 0.2) is 0 Å². The van der Waals surface area contributed by atoms with Crippen molar-refractivity contribution in [3.8, 4) is 0 Å². The van der Waals surface area contributed by atoms with Crippen LogP contribution in [0.1, 0.15) is 42.9 Å². The molecule has 120 valence electrons. The number of sulfonamides is 1. The first-order valence-corrected chi connectivity index (χ1v) is 9.95. The zero-order chi connectivity index (χ0) is 15.6. The minimum atomic E-state index is -3.40. The van der Waals surface area contributed by atoms with Gasteiger partial charge >= 0.3 is 0 Å². The number of hydrogen-bond acceptors (Lipinski definition) is 4. The lowest BCUT2D eigenvalue weighted by molar-refractivity contribution is 0.368. The van der Waals surface area contributed by atoms with Gasteiger partial charge in [0, 0.05) is 22.3 Å². The first kappa shape index (κ1) is 16.9. The molecule has 0 amide bonds. The molecule has 0 saturated heterocycles. The van der Waals surface area contributed by atoms with Crippen LogP contribution in [0.4, 0.5) is 0 Å². The molecule has 21 heavy (non-hydrogen) atoms. The molecule has 1 aliphatic carbocycles. The largest absolute Gasteiger partial charge is 0.315 e. The summed E-state index contributed by atoms with van der Waals surface area (Å²) >= 11 is 1.55. The molecular formula is C15H26N2O2S2. The summed E-state index contributed by atoms with van der Waals surface area (Å²) in [6.07, 6.45) is 3.20. The highest BCUT2D eigenvalue weighted by atomic mass is 32.2.